The van der Waals surface area contributed by atoms with Crippen LogP contribution in [0.3, 0.4) is 0 Å². The summed E-state index contributed by atoms with van der Waals surface area (Å²) in [5.74, 6) is -0.762. The van der Waals surface area contributed by atoms with Crippen LogP contribution in [0.15, 0.2) is 152 Å². The maximum absolute atomic E-state index is 15.8. The number of aryl methyl sites for hydroxylation is 1. The number of nitrogen functional groups attached to an aromatic ring is 2. The molecule has 9 rings (SSSR count). The number of carbonyl (C=O) groups excluding carboxylic acids is 3. The van der Waals surface area contributed by atoms with Crippen LogP contribution >= 0.6 is 0 Å². The number of anilines is 5. The van der Waals surface area contributed by atoms with Gasteiger partial charge in [0.15, 0.2) is 5.60 Å². The fraction of sp³-hybridized carbons (Fsp3) is 0.241. The zero-order valence-electron chi connectivity index (χ0n) is 39.0. The molecule has 69 heavy (non-hydrogen) atoms. The van der Waals surface area contributed by atoms with Gasteiger partial charge in [-0.3, -0.25) is 19.1 Å². The van der Waals surface area contributed by atoms with Crippen LogP contribution in [0.5, 0.6) is 5.75 Å². The summed E-state index contributed by atoms with van der Waals surface area (Å²) in [7, 11) is -0.899. The highest BCUT2D eigenvalue weighted by Gasteiger charge is 2.66. The van der Waals surface area contributed by atoms with Gasteiger partial charge < -0.3 is 41.6 Å². The highest BCUT2D eigenvalue weighted by atomic mass is 28.3. The summed E-state index contributed by atoms with van der Waals surface area (Å²) in [6, 6.07) is 44.4. The lowest BCUT2D eigenvalue weighted by molar-refractivity contribution is -0.146. The van der Waals surface area contributed by atoms with Gasteiger partial charge in [0.25, 0.3) is 17.7 Å². The van der Waals surface area contributed by atoms with Gasteiger partial charge in [0.2, 0.25) is 0 Å². The summed E-state index contributed by atoms with van der Waals surface area (Å²) in [6.07, 6.45) is 1.96. The van der Waals surface area contributed by atoms with Crippen molar-refractivity contribution in [3.05, 3.63) is 185 Å². The topological polar surface area (TPSA) is 200 Å². The number of nitrogens with one attached hydrogen (secondary N) is 2. The third-order valence-corrected chi connectivity index (χ3v) is 18.3. The Morgan fingerprint density at radius 2 is 1.46 bits per heavy atom. The number of nitrogens with zero attached hydrogens (tertiary/aromatic N) is 4. The third-order valence-electron chi connectivity index (χ3n) is 13.9. The molecule has 0 radical (unpaired) electrons. The predicted octanol–water partition coefficient (Wildman–Crippen LogP) is 7.93. The van der Waals surface area contributed by atoms with E-state index in [1.807, 2.05) is 85.1 Å². The molecule has 14 nitrogen and oxygen atoms in total. The molecular formula is C54H56N8O6Si. The lowest BCUT2D eigenvalue weighted by Gasteiger charge is -2.37. The molecule has 1 saturated heterocycles. The van der Waals surface area contributed by atoms with Crippen LogP contribution in [0.1, 0.15) is 62.4 Å². The van der Waals surface area contributed by atoms with Crippen LogP contribution in [-0.2, 0) is 28.2 Å². The molecule has 2 aliphatic rings. The van der Waals surface area contributed by atoms with E-state index in [-0.39, 0.29) is 48.3 Å². The van der Waals surface area contributed by atoms with E-state index in [0.717, 1.165) is 16.9 Å². The van der Waals surface area contributed by atoms with Crippen LogP contribution in [0.25, 0.3) is 0 Å². The molecule has 3 heterocycles. The molecule has 352 valence electrons. The molecule has 1 unspecified atom stereocenters. The van der Waals surface area contributed by atoms with E-state index < -0.39 is 19.8 Å². The van der Waals surface area contributed by atoms with E-state index in [1.165, 1.54) is 5.19 Å². The van der Waals surface area contributed by atoms with E-state index in [1.54, 1.807) is 71.3 Å². The Morgan fingerprint density at radius 1 is 0.826 bits per heavy atom. The van der Waals surface area contributed by atoms with Crippen molar-refractivity contribution in [2.24, 2.45) is 5.92 Å². The maximum atomic E-state index is 15.8. The molecule has 15 heteroatoms. The first kappa shape index (κ1) is 46.5. The highest BCUT2D eigenvalue weighted by molar-refractivity contribution is 6.91. The number of hydrogen-bond acceptors (Lipinski definition) is 10. The van der Waals surface area contributed by atoms with Crippen molar-refractivity contribution in [1.82, 2.24) is 15.0 Å². The number of ether oxygens (including phenoxy) is 2. The first-order valence-electron chi connectivity index (χ1n) is 23.1. The fourth-order valence-electron chi connectivity index (χ4n) is 10.3. The summed E-state index contributed by atoms with van der Waals surface area (Å²) in [5.41, 5.74) is 17.0. The number of amides is 3. The van der Waals surface area contributed by atoms with Gasteiger partial charge in [0.05, 0.1) is 51.7 Å². The first-order chi connectivity index (χ1) is 33.3. The average Bonchev–Trinajstić information content (AvgIpc) is 4.01. The van der Waals surface area contributed by atoms with E-state index in [9.17, 15) is 14.7 Å². The molecule has 6 aromatic carbocycles. The normalized spacial score (nSPS) is 19.1. The van der Waals surface area contributed by atoms with E-state index in [2.05, 4.69) is 53.1 Å². The Balaban J connectivity index is 1.09. The smallest absolute Gasteiger partial charge is 0.264 e. The summed E-state index contributed by atoms with van der Waals surface area (Å²) in [6.45, 7) is 7.28. The maximum Gasteiger partial charge on any atom is 0.264 e. The molecule has 7 N–H and O–H groups in total. The van der Waals surface area contributed by atoms with Gasteiger partial charge in [-0.1, -0.05) is 85.0 Å². The van der Waals surface area contributed by atoms with Crippen molar-refractivity contribution in [2.75, 3.05) is 40.7 Å². The molecule has 3 amide bonds. The molecule has 5 atom stereocenters. The number of fused-ring (bicyclic) bond motifs is 2. The molecule has 1 fully saturated rings. The summed E-state index contributed by atoms with van der Waals surface area (Å²) in [4.78, 5) is 44.5. The standard InChI is InChI=1S/C54H56N8O6Si/c1-34-50(69(3,4)44-24-22-43(67-2)23-25-44)49(27-28-61-32-47(59-60-61)45(33-63)36-10-6-5-7-11-36)68-54(34)46-30-42(58-52(65)38-15-19-40(56)20-16-38)21-26-48(46)62(53(54)66)31-35-9-8-12-41(29-35)57-51(64)37-13-17-39(55)18-14-37/h5-26,29-30,32,34,45,49-50,63H,27-28,31,33,55-56H2,1-4H3,(H,57,64)(H,58,65)/t34-,45?,49+,50-,54+/m1/s1. The second-order valence-corrected chi connectivity index (χ2v) is 23.2. The van der Waals surface area contributed by atoms with Crippen LogP contribution in [-0.4, -0.2) is 65.7 Å². The van der Waals surface area contributed by atoms with Gasteiger partial charge in [-0.15, -0.1) is 5.10 Å². The van der Waals surface area contributed by atoms with Gasteiger partial charge >= 0.3 is 0 Å². The van der Waals surface area contributed by atoms with E-state index in [0.29, 0.717) is 63.8 Å². The molecule has 2 aliphatic heterocycles. The number of aromatic nitrogens is 3. The first-order valence-corrected chi connectivity index (χ1v) is 26.1. The van der Waals surface area contributed by atoms with Crippen molar-refractivity contribution < 1.29 is 29.0 Å². The Bertz CT molecular complexity index is 2980. The number of methoxy groups -OCH3 is 1. The van der Waals surface area contributed by atoms with Gasteiger partial charge in [-0.05, 0) is 114 Å². The Hall–Kier alpha value is -7.59. The van der Waals surface area contributed by atoms with Crippen LogP contribution in [0.4, 0.5) is 28.4 Å². The van der Waals surface area contributed by atoms with Crippen molar-refractivity contribution in [3.63, 3.8) is 0 Å². The molecular weight excluding hydrogens is 885 g/mol. The monoisotopic (exact) mass is 940 g/mol. The quantitative estimate of drug-likeness (QED) is 0.0497. The molecule has 0 saturated carbocycles. The number of benzene rings is 6. The van der Waals surface area contributed by atoms with Crippen molar-refractivity contribution in [2.45, 2.75) is 62.7 Å². The van der Waals surface area contributed by atoms with Crippen molar-refractivity contribution >= 4 is 59.4 Å². The summed E-state index contributed by atoms with van der Waals surface area (Å²) >= 11 is 0. The molecule has 1 aromatic heterocycles. The fourth-order valence-corrected chi connectivity index (χ4v) is 14.4. The summed E-state index contributed by atoms with van der Waals surface area (Å²) in [5, 5.41) is 26.7. The minimum atomic E-state index is -2.55. The second kappa shape index (κ2) is 19.2. The second-order valence-electron chi connectivity index (χ2n) is 18.5. The Labute approximate surface area is 402 Å². The van der Waals surface area contributed by atoms with E-state index in [4.69, 9.17) is 20.9 Å². The molecule has 0 bridgehead atoms. The zero-order valence-corrected chi connectivity index (χ0v) is 40.0. The van der Waals surface area contributed by atoms with Gasteiger partial charge in [0, 0.05) is 58.1 Å². The lowest BCUT2D eigenvalue weighted by Crippen LogP contribution is -2.51. The number of aliphatic hydroxyl groups is 1. The van der Waals surface area contributed by atoms with Gasteiger partial charge in [-0.25, -0.2) is 0 Å². The number of hydrogen-bond donors (Lipinski definition) is 5. The number of aliphatic hydroxyl groups excluding tert-OH is 1. The molecule has 7 aromatic rings. The van der Waals surface area contributed by atoms with Gasteiger partial charge in [0.1, 0.15) is 5.75 Å². The van der Waals surface area contributed by atoms with Gasteiger partial charge in [-0.2, -0.15) is 0 Å². The minimum absolute atomic E-state index is 0.0972. The number of rotatable bonds is 15. The van der Waals surface area contributed by atoms with Crippen LogP contribution in [0.2, 0.25) is 18.6 Å². The third kappa shape index (κ3) is 9.11. The summed E-state index contributed by atoms with van der Waals surface area (Å²) < 4.78 is 14.8. The minimum Gasteiger partial charge on any atom is -0.497 e. The molecule has 0 aliphatic carbocycles. The number of nitrogens with two attached hydrogens (primary N) is 2. The largest absolute Gasteiger partial charge is 0.497 e. The number of carbonyl (C=O) groups is 3. The molecule has 1 spiro atoms. The average molecular weight is 941 g/mol. The highest BCUT2D eigenvalue weighted by Crippen LogP contribution is 2.60. The van der Waals surface area contributed by atoms with Crippen LogP contribution < -0.4 is 36.9 Å². The lowest BCUT2D eigenvalue weighted by atomic mass is 9.82. The van der Waals surface area contributed by atoms with E-state index >= 15 is 4.79 Å². The Morgan fingerprint density at radius 3 is 2.09 bits per heavy atom. The Kier molecular flexibility index (Phi) is 12.9. The van der Waals surface area contributed by atoms with Crippen LogP contribution in [0, 0.1) is 5.92 Å². The van der Waals surface area contributed by atoms with Crippen molar-refractivity contribution in [1.29, 1.82) is 0 Å². The predicted molar refractivity (Wildman–Crippen MR) is 271 cm³/mol. The zero-order chi connectivity index (χ0) is 48.5. The van der Waals surface area contributed by atoms with Crippen molar-refractivity contribution in [3.8, 4) is 5.75 Å². The SMILES string of the molecule is COc1ccc([Si](C)(C)[C@H]2[C@H](CCn3cc(C(CO)c4ccccc4)nn3)O[C@@]3(C(=O)N(Cc4cccc(NC(=O)c5ccc(N)cc5)c4)c4ccc(NC(=O)c5ccc(N)cc5)cc43)[C@@H]2C)cc1.